The molecular weight excluding hydrogens is 238 g/mol. The van der Waals surface area contributed by atoms with Crippen LogP contribution < -0.4 is 0 Å². The van der Waals surface area contributed by atoms with Gasteiger partial charge in [-0.1, -0.05) is 13.0 Å². The minimum atomic E-state index is -0.143. The minimum Gasteiger partial charge on any atom is -0.469 e. The summed E-state index contributed by atoms with van der Waals surface area (Å²) >= 11 is 0. The monoisotopic (exact) mass is 257 g/mol. The molecule has 0 radical (unpaired) electrons. The van der Waals surface area contributed by atoms with Crippen LogP contribution in [0.3, 0.4) is 0 Å². The van der Waals surface area contributed by atoms with Crippen molar-refractivity contribution in [1.82, 2.24) is 4.57 Å². The number of carbonyl (C=O) groups excluding carboxylic acids is 1. The molecule has 1 atom stereocenters. The predicted octanol–water partition coefficient (Wildman–Crippen LogP) is 3.25. The van der Waals surface area contributed by atoms with Crippen molar-refractivity contribution in [3.05, 3.63) is 35.5 Å². The summed E-state index contributed by atoms with van der Waals surface area (Å²) in [7, 11) is 1.46. The fourth-order valence-electron chi connectivity index (χ4n) is 3.17. The van der Waals surface area contributed by atoms with E-state index in [-0.39, 0.29) is 11.9 Å². The van der Waals surface area contributed by atoms with Gasteiger partial charge in [0.1, 0.15) is 0 Å². The van der Waals surface area contributed by atoms with Gasteiger partial charge in [-0.2, -0.15) is 0 Å². The zero-order valence-corrected chi connectivity index (χ0v) is 11.5. The summed E-state index contributed by atoms with van der Waals surface area (Å²) in [5, 5.41) is 1.24. The Morgan fingerprint density at radius 2 is 2.32 bits per heavy atom. The standard InChI is InChI=1S/C16H19NO2/c1-3-14(16(18)19-2)13-9-11-5-4-7-17-8-6-12(10-13)15(11)17/h6,8-10,14H,3-5,7H2,1-2H3. The minimum absolute atomic E-state index is 0.135. The van der Waals surface area contributed by atoms with Gasteiger partial charge in [-0.05, 0) is 42.5 Å². The summed E-state index contributed by atoms with van der Waals surface area (Å²) in [6.45, 7) is 3.13. The molecule has 0 saturated carbocycles. The van der Waals surface area contributed by atoms with Crippen molar-refractivity contribution in [3.63, 3.8) is 0 Å². The van der Waals surface area contributed by atoms with Crippen molar-refractivity contribution in [2.24, 2.45) is 0 Å². The average Bonchev–Trinajstić information content (AvgIpc) is 2.85. The van der Waals surface area contributed by atoms with Crippen LogP contribution >= 0.6 is 0 Å². The molecule has 0 bridgehead atoms. The second-order valence-corrected chi connectivity index (χ2v) is 5.21. The molecule has 3 heteroatoms. The highest BCUT2D eigenvalue weighted by Gasteiger charge is 2.22. The van der Waals surface area contributed by atoms with E-state index in [9.17, 15) is 4.79 Å². The Hall–Kier alpha value is -1.77. The van der Waals surface area contributed by atoms with Crippen molar-refractivity contribution in [2.45, 2.75) is 38.6 Å². The number of aryl methyl sites for hydroxylation is 2. The molecule has 0 saturated heterocycles. The maximum atomic E-state index is 11.9. The van der Waals surface area contributed by atoms with Crippen LogP contribution in [-0.2, 0) is 22.5 Å². The van der Waals surface area contributed by atoms with Crippen molar-refractivity contribution in [3.8, 4) is 0 Å². The molecule has 0 aliphatic carbocycles. The SMILES string of the molecule is CCC(C(=O)OC)c1cc2c3c(ccn3CCC2)c1. The molecule has 1 aromatic carbocycles. The first kappa shape index (κ1) is 12.3. The lowest BCUT2D eigenvalue weighted by Crippen LogP contribution is -2.14. The van der Waals surface area contributed by atoms with Gasteiger partial charge in [0, 0.05) is 18.1 Å². The molecule has 1 unspecified atom stereocenters. The zero-order chi connectivity index (χ0) is 13.4. The van der Waals surface area contributed by atoms with E-state index in [0.29, 0.717) is 0 Å². The van der Waals surface area contributed by atoms with Gasteiger partial charge in [0.15, 0.2) is 0 Å². The van der Waals surface area contributed by atoms with Gasteiger partial charge < -0.3 is 9.30 Å². The Labute approximate surface area is 113 Å². The summed E-state index contributed by atoms with van der Waals surface area (Å²) in [5.74, 6) is -0.278. The van der Waals surface area contributed by atoms with Gasteiger partial charge in [0.05, 0.1) is 18.5 Å². The average molecular weight is 257 g/mol. The number of nitrogens with zero attached hydrogens (tertiary/aromatic N) is 1. The van der Waals surface area contributed by atoms with E-state index in [1.165, 1.54) is 30.0 Å². The largest absolute Gasteiger partial charge is 0.469 e. The molecule has 2 heterocycles. The van der Waals surface area contributed by atoms with Crippen molar-refractivity contribution >= 4 is 16.9 Å². The van der Waals surface area contributed by atoms with Gasteiger partial charge >= 0.3 is 5.97 Å². The number of ether oxygens (including phenoxy) is 1. The third-order valence-corrected chi connectivity index (χ3v) is 4.10. The number of methoxy groups -OCH3 is 1. The highest BCUT2D eigenvalue weighted by molar-refractivity contribution is 5.87. The second kappa shape index (κ2) is 4.72. The molecule has 2 aromatic rings. The Morgan fingerprint density at radius 1 is 1.47 bits per heavy atom. The number of rotatable bonds is 3. The number of carbonyl (C=O) groups is 1. The molecule has 100 valence electrons. The molecule has 1 aliphatic rings. The summed E-state index contributed by atoms with van der Waals surface area (Å²) in [5.41, 5.74) is 3.80. The van der Waals surface area contributed by atoms with Crippen LogP contribution in [0.2, 0.25) is 0 Å². The Morgan fingerprint density at radius 3 is 3.05 bits per heavy atom. The molecule has 19 heavy (non-hydrogen) atoms. The smallest absolute Gasteiger partial charge is 0.313 e. The molecule has 1 aromatic heterocycles. The molecular formula is C16H19NO2. The summed E-state index contributed by atoms with van der Waals surface area (Å²) in [6, 6.07) is 6.49. The molecule has 3 rings (SSSR count). The van der Waals surface area contributed by atoms with Crippen LogP contribution in [0.4, 0.5) is 0 Å². The van der Waals surface area contributed by atoms with Crippen LogP contribution in [0.25, 0.3) is 10.9 Å². The molecule has 0 spiro atoms. The van der Waals surface area contributed by atoms with E-state index in [4.69, 9.17) is 4.74 Å². The van der Waals surface area contributed by atoms with Gasteiger partial charge in [0.25, 0.3) is 0 Å². The van der Waals surface area contributed by atoms with E-state index < -0.39 is 0 Å². The first-order chi connectivity index (χ1) is 9.24. The topological polar surface area (TPSA) is 31.2 Å². The Kier molecular flexibility index (Phi) is 3.05. The van der Waals surface area contributed by atoms with Crippen LogP contribution in [0, 0.1) is 0 Å². The highest BCUT2D eigenvalue weighted by Crippen LogP contribution is 2.31. The maximum Gasteiger partial charge on any atom is 0.313 e. The molecule has 1 aliphatic heterocycles. The molecule has 0 fully saturated rings. The third kappa shape index (κ3) is 1.93. The summed E-state index contributed by atoms with van der Waals surface area (Å²) in [4.78, 5) is 11.9. The number of hydrogen-bond donors (Lipinski definition) is 0. The second-order valence-electron chi connectivity index (χ2n) is 5.21. The Balaban J connectivity index is 2.13. The third-order valence-electron chi connectivity index (χ3n) is 4.10. The predicted molar refractivity (Wildman–Crippen MR) is 75.3 cm³/mol. The zero-order valence-electron chi connectivity index (χ0n) is 11.5. The lowest BCUT2D eigenvalue weighted by molar-refractivity contribution is -0.142. The van der Waals surface area contributed by atoms with Crippen LogP contribution in [0.1, 0.15) is 36.8 Å². The summed E-state index contributed by atoms with van der Waals surface area (Å²) < 4.78 is 7.23. The van der Waals surface area contributed by atoms with E-state index in [1.54, 1.807) is 0 Å². The Bertz CT molecular complexity index is 627. The number of aromatic nitrogens is 1. The van der Waals surface area contributed by atoms with Crippen LogP contribution in [0.5, 0.6) is 0 Å². The normalized spacial score (nSPS) is 15.5. The number of esters is 1. The molecule has 0 amide bonds. The van der Waals surface area contributed by atoms with E-state index in [2.05, 4.69) is 29.0 Å². The lowest BCUT2D eigenvalue weighted by Gasteiger charge is -2.19. The van der Waals surface area contributed by atoms with Crippen molar-refractivity contribution in [1.29, 1.82) is 0 Å². The quantitative estimate of drug-likeness (QED) is 0.790. The number of hydrogen-bond acceptors (Lipinski definition) is 2. The van der Waals surface area contributed by atoms with E-state index >= 15 is 0 Å². The highest BCUT2D eigenvalue weighted by atomic mass is 16.5. The van der Waals surface area contributed by atoms with Crippen molar-refractivity contribution in [2.75, 3.05) is 7.11 Å². The van der Waals surface area contributed by atoms with Gasteiger partial charge in [-0.15, -0.1) is 0 Å². The summed E-state index contributed by atoms with van der Waals surface area (Å²) in [6.07, 6.45) is 5.20. The van der Waals surface area contributed by atoms with Gasteiger partial charge in [-0.3, -0.25) is 4.79 Å². The lowest BCUT2D eigenvalue weighted by atomic mass is 9.91. The van der Waals surface area contributed by atoms with Gasteiger partial charge in [0.2, 0.25) is 0 Å². The van der Waals surface area contributed by atoms with E-state index in [0.717, 1.165) is 24.9 Å². The first-order valence-corrected chi connectivity index (χ1v) is 6.94. The maximum absolute atomic E-state index is 11.9. The van der Waals surface area contributed by atoms with E-state index in [1.807, 2.05) is 6.92 Å². The fraction of sp³-hybridized carbons (Fsp3) is 0.438. The van der Waals surface area contributed by atoms with Gasteiger partial charge in [-0.25, -0.2) is 0 Å². The number of benzene rings is 1. The van der Waals surface area contributed by atoms with Crippen LogP contribution in [0.15, 0.2) is 24.4 Å². The molecule has 0 N–H and O–H groups in total. The first-order valence-electron chi connectivity index (χ1n) is 6.94. The molecule has 3 nitrogen and oxygen atoms in total. The van der Waals surface area contributed by atoms with Crippen molar-refractivity contribution < 1.29 is 9.53 Å². The van der Waals surface area contributed by atoms with Crippen LogP contribution in [-0.4, -0.2) is 17.6 Å². The fourth-order valence-corrected chi connectivity index (χ4v) is 3.17.